The van der Waals surface area contributed by atoms with Gasteiger partial charge in [-0.2, -0.15) is 0 Å². The molecule has 1 unspecified atom stereocenters. The summed E-state index contributed by atoms with van der Waals surface area (Å²) in [4.78, 5) is 0. The van der Waals surface area contributed by atoms with Crippen LogP contribution in [0.1, 0.15) is 18.9 Å². The molecular formula is C18H33O2Si2+. The molecule has 0 spiro atoms. The molecule has 0 aliphatic carbocycles. The third-order valence-electron chi connectivity index (χ3n) is 3.18. The van der Waals surface area contributed by atoms with Crippen LogP contribution in [0.2, 0.25) is 45.3 Å². The van der Waals surface area contributed by atoms with Crippen LogP contribution in [0.15, 0.2) is 30.3 Å². The molecule has 0 saturated heterocycles. The second-order valence-electron chi connectivity index (χ2n) is 8.38. The first-order chi connectivity index (χ1) is 9.99. The van der Waals surface area contributed by atoms with E-state index in [9.17, 15) is 0 Å². The van der Waals surface area contributed by atoms with E-state index in [0.717, 1.165) is 6.42 Å². The molecule has 0 bridgehead atoms. The second-order valence-corrected chi connectivity index (χ2v) is 18.3. The highest BCUT2D eigenvalue weighted by Gasteiger charge is 2.36. The molecule has 4 heteroatoms. The van der Waals surface area contributed by atoms with Crippen LogP contribution in [0.25, 0.3) is 0 Å². The van der Waals surface area contributed by atoms with E-state index in [1.807, 2.05) is 18.2 Å². The third kappa shape index (κ3) is 8.78. The van der Waals surface area contributed by atoms with Gasteiger partial charge < -0.3 is 9.16 Å². The average Bonchev–Trinajstić information content (AvgIpc) is 2.34. The molecule has 124 valence electrons. The fourth-order valence-electron chi connectivity index (χ4n) is 2.36. The van der Waals surface area contributed by atoms with Gasteiger partial charge in [-0.15, -0.1) is 0 Å². The minimum Gasteiger partial charge on any atom is -0.388 e. The largest absolute Gasteiger partial charge is 0.388 e. The molecule has 0 aliphatic rings. The summed E-state index contributed by atoms with van der Waals surface area (Å²) in [5, 5.41) is 0. The Bertz CT molecular complexity index is 435. The Morgan fingerprint density at radius 3 is 2.09 bits per heavy atom. The smallest absolute Gasteiger partial charge is 0.197 e. The molecule has 0 aromatic heterocycles. The van der Waals surface area contributed by atoms with Gasteiger partial charge in [0.2, 0.25) is 0 Å². The van der Waals surface area contributed by atoms with Gasteiger partial charge in [0.05, 0.1) is 27.1 Å². The van der Waals surface area contributed by atoms with Crippen molar-refractivity contribution in [3.63, 3.8) is 0 Å². The molecule has 0 fully saturated rings. The van der Waals surface area contributed by atoms with Crippen molar-refractivity contribution in [1.29, 1.82) is 0 Å². The van der Waals surface area contributed by atoms with Gasteiger partial charge in [0.25, 0.3) is 0 Å². The molecule has 0 heterocycles. The van der Waals surface area contributed by atoms with Crippen LogP contribution in [0.3, 0.4) is 0 Å². The maximum Gasteiger partial charge on any atom is 0.197 e. The number of ether oxygens (including phenoxy) is 1. The predicted molar refractivity (Wildman–Crippen MR) is 101 cm³/mol. The van der Waals surface area contributed by atoms with Crippen molar-refractivity contribution >= 4 is 16.4 Å². The van der Waals surface area contributed by atoms with Crippen molar-refractivity contribution in [3.05, 3.63) is 42.3 Å². The van der Waals surface area contributed by atoms with Crippen molar-refractivity contribution in [2.24, 2.45) is 0 Å². The Morgan fingerprint density at radius 1 is 1.00 bits per heavy atom. The van der Waals surface area contributed by atoms with Crippen molar-refractivity contribution < 1.29 is 9.16 Å². The van der Waals surface area contributed by atoms with Crippen molar-refractivity contribution in [3.8, 4) is 0 Å². The van der Waals surface area contributed by atoms with Gasteiger partial charge >= 0.3 is 0 Å². The molecular weight excluding hydrogens is 304 g/mol. The highest BCUT2D eigenvalue weighted by atomic mass is 28.4. The maximum atomic E-state index is 6.36. The molecule has 0 N–H and O–H groups in total. The highest BCUT2D eigenvalue weighted by Crippen LogP contribution is 2.27. The van der Waals surface area contributed by atoms with E-state index in [1.54, 1.807) is 0 Å². The van der Waals surface area contributed by atoms with E-state index in [0.29, 0.717) is 6.61 Å². The standard InChI is InChI=1S/C18H33O2Si2/c1-18(20-22(5,6)7,14-11-15-21(2,3)4)19-16-17-12-9-8-10-13-17/h8-13H,14-16H2,1-7H3/q+1. The monoisotopic (exact) mass is 337 g/mol. The van der Waals surface area contributed by atoms with Crippen LogP contribution in [-0.4, -0.2) is 22.2 Å². The van der Waals surface area contributed by atoms with Crippen LogP contribution < -0.4 is 0 Å². The topological polar surface area (TPSA) is 18.5 Å². The number of hydrogen-bond donors (Lipinski definition) is 0. The van der Waals surface area contributed by atoms with Gasteiger partial charge in [0, 0.05) is 0 Å². The van der Waals surface area contributed by atoms with Crippen molar-refractivity contribution in [1.82, 2.24) is 0 Å². The lowest BCUT2D eigenvalue weighted by Crippen LogP contribution is -2.43. The number of hydrogen-bond acceptors (Lipinski definition) is 2. The zero-order valence-corrected chi connectivity index (χ0v) is 17.4. The van der Waals surface area contributed by atoms with Crippen LogP contribution in [-0.2, 0) is 15.8 Å². The molecule has 2 nitrogen and oxygen atoms in total. The Labute approximate surface area is 139 Å². The van der Waals surface area contributed by atoms with Crippen LogP contribution in [0.4, 0.5) is 0 Å². The lowest BCUT2D eigenvalue weighted by Gasteiger charge is -2.34. The van der Waals surface area contributed by atoms with Crippen molar-refractivity contribution in [2.45, 2.75) is 71.1 Å². The number of rotatable bonds is 9. The zero-order chi connectivity index (χ0) is 16.9. The first-order valence-corrected chi connectivity index (χ1v) is 15.3. The Kier molecular flexibility index (Phi) is 6.93. The minimum absolute atomic E-state index is 0.514. The molecule has 0 radical (unpaired) electrons. The van der Waals surface area contributed by atoms with Crippen LogP contribution >= 0.6 is 0 Å². The lowest BCUT2D eigenvalue weighted by molar-refractivity contribution is -0.183. The predicted octanol–water partition coefficient (Wildman–Crippen LogP) is 5.70. The summed E-state index contributed by atoms with van der Waals surface area (Å²) < 4.78 is 12.6. The SMILES string of the molecule is CC(C[CH+]C[Si](C)(C)C)(OCc1ccccc1)O[Si](C)(C)C. The quantitative estimate of drug-likeness (QED) is 0.327. The van der Waals surface area contributed by atoms with E-state index in [1.165, 1.54) is 11.6 Å². The summed E-state index contributed by atoms with van der Waals surface area (Å²) in [7, 11) is -2.72. The third-order valence-corrected chi connectivity index (χ3v) is 5.74. The Hall–Kier alpha value is -0.556. The van der Waals surface area contributed by atoms with E-state index >= 15 is 0 Å². The summed E-state index contributed by atoms with van der Waals surface area (Å²) >= 11 is 0. The van der Waals surface area contributed by atoms with E-state index in [-0.39, 0.29) is 0 Å². The zero-order valence-electron chi connectivity index (χ0n) is 15.4. The molecule has 1 aromatic rings. The molecule has 0 aliphatic heterocycles. The van der Waals surface area contributed by atoms with E-state index < -0.39 is 22.2 Å². The fourth-order valence-corrected chi connectivity index (χ4v) is 4.80. The Balaban J connectivity index is 2.65. The molecule has 1 rings (SSSR count). The second kappa shape index (κ2) is 7.82. The molecule has 1 atom stereocenters. The first-order valence-electron chi connectivity index (χ1n) is 8.19. The molecule has 0 amide bonds. The van der Waals surface area contributed by atoms with E-state index in [2.05, 4.69) is 64.8 Å². The Morgan fingerprint density at radius 2 is 1.59 bits per heavy atom. The highest BCUT2D eigenvalue weighted by molar-refractivity contribution is 6.76. The molecule has 22 heavy (non-hydrogen) atoms. The summed E-state index contributed by atoms with van der Waals surface area (Å²) in [5.41, 5.74) is 1.19. The normalized spacial score (nSPS) is 15.4. The van der Waals surface area contributed by atoms with Crippen LogP contribution in [0, 0.1) is 6.42 Å². The van der Waals surface area contributed by atoms with Gasteiger partial charge in [-0.3, -0.25) is 0 Å². The van der Waals surface area contributed by atoms with Gasteiger partial charge in [-0.25, -0.2) is 0 Å². The van der Waals surface area contributed by atoms with Gasteiger partial charge in [-0.1, -0.05) is 50.0 Å². The van der Waals surface area contributed by atoms with E-state index in [4.69, 9.17) is 9.16 Å². The molecule has 0 saturated carbocycles. The minimum atomic E-state index is -1.66. The fraction of sp³-hybridized carbons (Fsp3) is 0.611. The number of benzene rings is 1. The summed E-state index contributed by atoms with van der Waals surface area (Å²) in [6.07, 6.45) is 3.23. The lowest BCUT2D eigenvalue weighted by atomic mass is 10.2. The van der Waals surface area contributed by atoms with Gasteiger partial charge in [0.15, 0.2) is 14.1 Å². The summed E-state index contributed by atoms with van der Waals surface area (Å²) in [6, 6.07) is 11.5. The maximum absolute atomic E-state index is 6.36. The van der Waals surface area contributed by atoms with Crippen LogP contribution in [0.5, 0.6) is 0 Å². The molecule has 1 aromatic carbocycles. The summed E-state index contributed by atoms with van der Waals surface area (Å²) in [6.45, 7) is 16.5. The summed E-state index contributed by atoms with van der Waals surface area (Å²) in [5.74, 6) is -0.514. The first kappa shape index (κ1) is 19.5. The van der Waals surface area contributed by atoms with Crippen molar-refractivity contribution in [2.75, 3.05) is 0 Å². The van der Waals surface area contributed by atoms with Gasteiger partial charge in [0.1, 0.15) is 6.42 Å². The average molecular weight is 338 g/mol. The van der Waals surface area contributed by atoms with Gasteiger partial charge in [-0.05, 0) is 32.1 Å².